The van der Waals surface area contributed by atoms with Crippen LogP contribution in [0.15, 0.2) is 12.3 Å². The summed E-state index contributed by atoms with van der Waals surface area (Å²) < 4.78 is 2.00. The predicted octanol–water partition coefficient (Wildman–Crippen LogP) is -0.0921. The number of aryl methyl sites for hydroxylation is 2. The number of likely N-dealkylation sites (tertiary alicyclic amines) is 2. The quantitative estimate of drug-likeness (QED) is 0.731. The summed E-state index contributed by atoms with van der Waals surface area (Å²) in [5.41, 5.74) is 6.46. The van der Waals surface area contributed by atoms with Gasteiger partial charge in [0.05, 0.1) is 24.0 Å². The van der Waals surface area contributed by atoms with Gasteiger partial charge in [-0.1, -0.05) is 5.21 Å². The second-order valence-corrected chi connectivity index (χ2v) is 9.81. The monoisotopic (exact) mass is 404 g/mol. The Morgan fingerprint density at radius 3 is 2.75 bits per heavy atom. The van der Waals surface area contributed by atoms with Crippen molar-refractivity contribution in [3.05, 3.63) is 33.3 Å². The SMILES string of the molecule is Cc1cc(C(=O)N2CCC(Cn3cc(C[NH+]4CCC([NH3+])C4)nn3)CC2)sc1C. The molecule has 1 amide bonds. The van der Waals surface area contributed by atoms with Crippen molar-refractivity contribution in [1.29, 1.82) is 0 Å². The zero-order valence-corrected chi connectivity index (χ0v) is 17.8. The van der Waals surface area contributed by atoms with E-state index >= 15 is 0 Å². The van der Waals surface area contributed by atoms with Crippen molar-refractivity contribution in [3.8, 4) is 0 Å². The minimum absolute atomic E-state index is 0.194. The summed E-state index contributed by atoms with van der Waals surface area (Å²) in [6.07, 6.45) is 5.39. The Hall–Kier alpha value is -1.77. The average Bonchev–Trinajstić information content (AvgIpc) is 3.38. The summed E-state index contributed by atoms with van der Waals surface area (Å²) in [5.74, 6) is 0.758. The topological polar surface area (TPSA) is 83.1 Å². The molecule has 2 atom stereocenters. The maximum atomic E-state index is 12.7. The fraction of sp³-hybridized carbons (Fsp3) is 0.650. The van der Waals surface area contributed by atoms with Crippen LogP contribution in [0.1, 0.15) is 45.1 Å². The number of aromatic nitrogens is 3. The number of quaternary nitrogens is 2. The smallest absolute Gasteiger partial charge is 0.263 e. The second-order valence-electron chi connectivity index (χ2n) is 8.55. The van der Waals surface area contributed by atoms with Gasteiger partial charge in [-0.3, -0.25) is 9.48 Å². The maximum Gasteiger partial charge on any atom is 0.263 e. The highest BCUT2D eigenvalue weighted by atomic mass is 32.1. The fourth-order valence-electron chi connectivity index (χ4n) is 4.36. The lowest BCUT2D eigenvalue weighted by molar-refractivity contribution is -0.906. The first-order valence-electron chi connectivity index (χ1n) is 10.4. The van der Waals surface area contributed by atoms with Gasteiger partial charge >= 0.3 is 0 Å². The van der Waals surface area contributed by atoms with E-state index in [0.717, 1.165) is 56.1 Å². The van der Waals surface area contributed by atoms with E-state index in [9.17, 15) is 4.79 Å². The summed E-state index contributed by atoms with van der Waals surface area (Å²) in [6.45, 7) is 10.0. The zero-order chi connectivity index (χ0) is 19.7. The summed E-state index contributed by atoms with van der Waals surface area (Å²) in [7, 11) is 0. The van der Waals surface area contributed by atoms with Crippen LogP contribution >= 0.6 is 11.3 Å². The highest BCUT2D eigenvalue weighted by molar-refractivity contribution is 7.14. The van der Waals surface area contributed by atoms with Crippen molar-refractivity contribution < 1.29 is 15.4 Å². The van der Waals surface area contributed by atoms with E-state index in [2.05, 4.69) is 36.1 Å². The molecule has 7 nitrogen and oxygen atoms in total. The Kier molecular flexibility index (Phi) is 5.80. The summed E-state index contributed by atoms with van der Waals surface area (Å²) in [4.78, 5) is 18.4. The number of amides is 1. The molecule has 0 aromatic carbocycles. The molecule has 2 saturated heterocycles. The highest BCUT2D eigenvalue weighted by Crippen LogP contribution is 2.25. The third-order valence-corrected chi connectivity index (χ3v) is 7.37. The largest absolute Gasteiger partial charge is 0.350 e. The molecule has 4 N–H and O–H groups in total. The molecule has 8 heteroatoms. The number of piperidine rings is 1. The standard InChI is InChI=1S/C20H30N6OS/c1-14-9-19(28-15(14)2)20(27)25-7-3-16(4-8-25)10-26-13-18(22-23-26)12-24-6-5-17(21)11-24/h9,13,16-17H,3-8,10-12,21H2,1-2H3/p+2. The number of rotatable bonds is 5. The van der Waals surface area contributed by atoms with Crippen molar-refractivity contribution in [2.24, 2.45) is 5.92 Å². The summed E-state index contributed by atoms with van der Waals surface area (Å²) in [5, 5.41) is 8.72. The van der Waals surface area contributed by atoms with Crippen molar-refractivity contribution in [3.63, 3.8) is 0 Å². The van der Waals surface area contributed by atoms with Gasteiger partial charge in [0.1, 0.15) is 24.8 Å². The molecule has 2 aliphatic rings. The Bertz CT molecular complexity index is 803. The van der Waals surface area contributed by atoms with E-state index in [1.54, 1.807) is 16.2 Å². The van der Waals surface area contributed by atoms with Crippen LogP contribution in [-0.2, 0) is 13.1 Å². The highest BCUT2D eigenvalue weighted by Gasteiger charge is 2.27. The molecule has 0 spiro atoms. The van der Waals surface area contributed by atoms with Gasteiger partial charge in [-0.2, -0.15) is 0 Å². The molecule has 2 aromatic rings. The molecule has 4 heterocycles. The van der Waals surface area contributed by atoms with Gasteiger partial charge in [0.15, 0.2) is 0 Å². The third-order valence-electron chi connectivity index (χ3n) is 6.22. The molecule has 28 heavy (non-hydrogen) atoms. The molecule has 2 unspecified atom stereocenters. The van der Waals surface area contributed by atoms with Crippen LogP contribution in [0.3, 0.4) is 0 Å². The first kappa shape index (κ1) is 19.5. The first-order chi connectivity index (χ1) is 13.5. The number of carbonyl (C=O) groups is 1. The molecule has 0 radical (unpaired) electrons. The summed E-state index contributed by atoms with van der Waals surface area (Å²) in [6, 6.07) is 2.62. The van der Waals surface area contributed by atoms with Gasteiger partial charge in [0.2, 0.25) is 0 Å². The Morgan fingerprint density at radius 1 is 1.32 bits per heavy atom. The molecule has 0 saturated carbocycles. The molecule has 2 fully saturated rings. The van der Waals surface area contributed by atoms with Crippen LogP contribution in [0, 0.1) is 19.8 Å². The number of nitrogens with one attached hydrogen (secondary N) is 1. The maximum absolute atomic E-state index is 12.7. The normalized spacial score (nSPS) is 23.5. The third kappa shape index (κ3) is 4.45. The van der Waals surface area contributed by atoms with Crippen LogP contribution in [0.5, 0.6) is 0 Å². The zero-order valence-electron chi connectivity index (χ0n) is 17.0. The van der Waals surface area contributed by atoms with Crippen LogP contribution in [0.4, 0.5) is 0 Å². The van der Waals surface area contributed by atoms with Gasteiger partial charge in [0, 0.05) is 24.5 Å². The van der Waals surface area contributed by atoms with Crippen molar-refractivity contribution in [2.75, 3.05) is 26.2 Å². The van der Waals surface area contributed by atoms with E-state index in [1.165, 1.54) is 23.4 Å². The van der Waals surface area contributed by atoms with E-state index in [4.69, 9.17) is 0 Å². The van der Waals surface area contributed by atoms with Crippen LogP contribution in [0.2, 0.25) is 0 Å². The number of hydrogen-bond acceptors (Lipinski definition) is 4. The summed E-state index contributed by atoms with van der Waals surface area (Å²) >= 11 is 1.62. The minimum atomic E-state index is 0.194. The number of carbonyl (C=O) groups excluding carboxylic acids is 1. The van der Waals surface area contributed by atoms with Crippen molar-refractivity contribution >= 4 is 17.2 Å². The molecular weight excluding hydrogens is 372 g/mol. The van der Waals surface area contributed by atoms with Gasteiger partial charge in [0.25, 0.3) is 5.91 Å². The lowest BCUT2D eigenvalue weighted by Crippen LogP contribution is -3.09. The van der Waals surface area contributed by atoms with Gasteiger partial charge in [-0.05, 0) is 44.2 Å². The molecule has 152 valence electrons. The lowest BCUT2D eigenvalue weighted by Gasteiger charge is -2.31. The van der Waals surface area contributed by atoms with Crippen LogP contribution in [-0.4, -0.2) is 58.0 Å². The number of nitrogens with zero attached hydrogens (tertiary/aromatic N) is 4. The number of hydrogen-bond donors (Lipinski definition) is 2. The van der Waals surface area contributed by atoms with E-state index in [0.29, 0.717) is 12.0 Å². The molecular formula is C20H32N6OS+2. The molecule has 0 aliphatic carbocycles. The Balaban J connectivity index is 1.26. The first-order valence-corrected chi connectivity index (χ1v) is 11.2. The average molecular weight is 405 g/mol. The Labute approximate surface area is 170 Å². The van der Waals surface area contributed by atoms with Crippen LogP contribution < -0.4 is 10.6 Å². The van der Waals surface area contributed by atoms with E-state index in [-0.39, 0.29) is 5.91 Å². The lowest BCUT2D eigenvalue weighted by atomic mass is 9.96. The molecule has 0 bridgehead atoms. The van der Waals surface area contributed by atoms with Gasteiger partial charge < -0.3 is 15.5 Å². The van der Waals surface area contributed by atoms with Crippen LogP contribution in [0.25, 0.3) is 0 Å². The van der Waals surface area contributed by atoms with E-state index in [1.807, 2.05) is 15.6 Å². The van der Waals surface area contributed by atoms with Crippen molar-refractivity contribution in [2.45, 2.75) is 52.2 Å². The Morgan fingerprint density at radius 2 is 2.11 bits per heavy atom. The second kappa shape index (κ2) is 8.31. The minimum Gasteiger partial charge on any atom is -0.350 e. The van der Waals surface area contributed by atoms with Crippen molar-refractivity contribution in [1.82, 2.24) is 19.9 Å². The molecule has 4 rings (SSSR count). The predicted molar refractivity (Wildman–Crippen MR) is 108 cm³/mol. The van der Waals surface area contributed by atoms with E-state index < -0.39 is 0 Å². The number of thiophene rings is 1. The molecule has 2 aliphatic heterocycles. The molecule has 2 aromatic heterocycles. The van der Waals surface area contributed by atoms with Gasteiger partial charge in [-0.15, -0.1) is 16.4 Å². The fourth-order valence-corrected chi connectivity index (χ4v) is 5.37. The van der Waals surface area contributed by atoms with Gasteiger partial charge in [-0.25, -0.2) is 0 Å².